The first kappa shape index (κ1) is 17.5. The fourth-order valence-corrected chi connectivity index (χ4v) is 4.01. The highest BCUT2D eigenvalue weighted by Gasteiger charge is 2.52. The number of nitrogens with zero attached hydrogens (tertiary/aromatic N) is 2. The van der Waals surface area contributed by atoms with Crippen LogP contribution < -0.4 is 5.73 Å². The summed E-state index contributed by atoms with van der Waals surface area (Å²) in [5.41, 5.74) is 4.46. The molecule has 1 atom stereocenters. The Morgan fingerprint density at radius 3 is 2.56 bits per heavy atom. The lowest BCUT2D eigenvalue weighted by Gasteiger charge is -2.39. The number of allylic oxidation sites excluding steroid dienone is 1. The third kappa shape index (κ3) is 2.92. The number of halogens is 2. The van der Waals surface area contributed by atoms with Gasteiger partial charge in [0.1, 0.15) is 0 Å². The Morgan fingerprint density at radius 1 is 1.32 bits per heavy atom. The maximum atomic E-state index is 14.5. The molecule has 0 radical (unpaired) electrons. The molecule has 1 spiro atoms. The number of carbonyl (C=O) groups is 2. The summed E-state index contributed by atoms with van der Waals surface area (Å²) in [7, 11) is 0. The standard InChI is InChI=1S/C18H21F2N3O2/c1-16(2)10-17(9-13(21)14(16)24)5-8-23(11-17)15(25)18(19,20)12-3-6-22-7-4-12/h3-4,6-7,9H,5,8,10-11,21H2,1-2H3/t17-/m1/s1. The van der Waals surface area contributed by atoms with E-state index in [4.69, 9.17) is 5.73 Å². The Labute approximate surface area is 144 Å². The normalized spacial score (nSPS) is 26.0. The largest absolute Gasteiger partial charge is 0.396 e. The van der Waals surface area contributed by atoms with Gasteiger partial charge in [0.05, 0.1) is 5.70 Å². The summed E-state index contributed by atoms with van der Waals surface area (Å²) in [6.45, 7) is 3.96. The number of aromatic nitrogens is 1. The van der Waals surface area contributed by atoms with E-state index in [1.807, 2.05) is 0 Å². The molecule has 1 fully saturated rings. The highest BCUT2D eigenvalue weighted by atomic mass is 19.3. The van der Waals surface area contributed by atoms with E-state index in [-0.39, 0.29) is 30.1 Å². The summed E-state index contributed by atoms with van der Waals surface area (Å²) in [5, 5.41) is 0. The number of amides is 1. The summed E-state index contributed by atoms with van der Waals surface area (Å²) in [5.74, 6) is -4.97. The monoisotopic (exact) mass is 349 g/mol. The highest BCUT2D eigenvalue weighted by Crippen LogP contribution is 2.48. The van der Waals surface area contributed by atoms with Crippen LogP contribution >= 0.6 is 0 Å². The number of hydrogen-bond acceptors (Lipinski definition) is 4. The Kier molecular flexibility index (Phi) is 3.93. The number of rotatable bonds is 2. The van der Waals surface area contributed by atoms with Crippen molar-refractivity contribution in [3.63, 3.8) is 0 Å². The number of likely N-dealkylation sites (tertiary alicyclic amines) is 1. The van der Waals surface area contributed by atoms with Crippen molar-refractivity contribution in [2.45, 2.75) is 32.6 Å². The lowest BCUT2D eigenvalue weighted by molar-refractivity contribution is -0.158. The molecule has 0 aromatic carbocycles. The first-order valence-electron chi connectivity index (χ1n) is 8.18. The van der Waals surface area contributed by atoms with Gasteiger partial charge in [-0.3, -0.25) is 14.6 Å². The van der Waals surface area contributed by atoms with E-state index in [9.17, 15) is 18.4 Å². The van der Waals surface area contributed by atoms with Crippen LogP contribution in [0.3, 0.4) is 0 Å². The Balaban J connectivity index is 1.84. The molecule has 3 rings (SSSR count). The summed E-state index contributed by atoms with van der Waals surface area (Å²) in [6.07, 6.45) is 5.15. The van der Waals surface area contributed by atoms with Crippen molar-refractivity contribution >= 4 is 11.7 Å². The molecule has 1 aliphatic heterocycles. The number of alkyl halides is 2. The van der Waals surface area contributed by atoms with Gasteiger partial charge in [0.15, 0.2) is 5.78 Å². The molecule has 1 aliphatic carbocycles. The number of nitrogens with two attached hydrogens (primary N) is 1. The summed E-state index contributed by atoms with van der Waals surface area (Å²) < 4.78 is 29.1. The van der Waals surface area contributed by atoms with Crippen LogP contribution in [0.25, 0.3) is 0 Å². The van der Waals surface area contributed by atoms with Crippen LogP contribution in [0, 0.1) is 10.8 Å². The van der Waals surface area contributed by atoms with Crippen LogP contribution in [0.4, 0.5) is 8.78 Å². The first-order valence-corrected chi connectivity index (χ1v) is 8.18. The van der Waals surface area contributed by atoms with E-state index >= 15 is 0 Å². The molecule has 2 N–H and O–H groups in total. The molecule has 2 heterocycles. The zero-order valence-electron chi connectivity index (χ0n) is 14.3. The molecular formula is C18H21F2N3O2. The molecule has 5 nitrogen and oxygen atoms in total. The van der Waals surface area contributed by atoms with Gasteiger partial charge in [-0.05, 0) is 31.1 Å². The average Bonchev–Trinajstić information content (AvgIpc) is 2.95. The second-order valence-corrected chi connectivity index (χ2v) is 7.64. The second kappa shape index (κ2) is 5.61. The van der Waals surface area contributed by atoms with Crippen molar-refractivity contribution in [1.29, 1.82) is 0 Å². The summed E-state index contributed by atoms with van der Waals surface area (Å²) in [6, 6.07) is 2.29. The summed E-state index contributed by atoms with van der Waals surface area (Å²) in [4.78, 5) is 29.5. The van der Waals surface area contributed by atoms with Crippen LogP contribution in [0.15, 0.2) is 36.3 Å². The van der Waals surface area contributed by atoms with Gasteiger partial charge in [-0.2, -0.15) is 8.78 Å². The second-order valence-electron chi connectivity index (χ2n) is 7.64. The van der Waals surface area contributed by atoms with E-state index in [2.05, 4.69) is 4.98 Å². The zero-order valence-corrected chi connectivity index (χ0v) is 14.3. The van der Waals surface area contributed by atoms with Crippen LogP contribution in [-0.2, 0) is 15.5 Å². The Hall–Kier alpha value is -2.31. The zero-order chi connectivity index (χ0) is 18.5. The molecule has 0 bridgehead atoms. The Bertz CT molecular complexity index is 746. The van der Waals surface area contributed by atoms with E-state index in [0.717, 1.165) is 12.1 Å². The van der Waals surface area contributed by atoms with Crippen molar-refractivity contribution in [2.24, 2.45) is 16.6 Å². The predicted octanol–water partition coefficient (Wildman–Crippen LogP) is 2.23. The first-order chi connectivity index (χ1) is 11.6. The molecule has 134 valence electrons. The number of hydrogen-bond donors (Lipinski definition) is 1. The van der Waals surface area contributed by atoms with Gasteiger partial charge in [-0.15, -0.1) is 0 Å². The minimum atomic E-state index is -3.61. The van der Waals surface area contributed by atoms with Crippen LogP contribution in [0.5, 0.6) is 0 Å². The minimum absolute atomic E-state index is 0.134. The summed E-state index contributed by atoms with van der Waals surface area (Å²) >= 11 is 0. The van der Waals surface area contributed by atoms with Gasteiger partial charge in [0, 0.05) is 41.9 Å². The average molecular weight is 349 g/mol. The van der Waals surface area contributed by atoms with Gasteiger partial charge in [0.25, 0.3) is 5.91 Å². The molecule has 1 aromatic rings. The third-order valence-electron chi connectivity index (χ3n) is 5.12. The molecule has 0 saturated carbocycles. The third-order valence-corrected chi connectivity index (χ3v) is 5.12. The molecule has 7 heteroatoms. The van der Waals surface area contributed by atoms with Crippen LogP contribution in [0.1, 0.15) is 32.3 Å². The van der Waals surface area contributed by atoms with Gasteiger partial charge in [0.2, 0.25) is 0 Å². The number of Topliss-reactive ketones (excluding diaryl/α,β-unsaturated/α-hetero) is 1. The van der Waals surface area contributed by atoms with Gasteiger partial charge < -0.3 is 10.6 Å². The molecule has 0 unspecified atom stereocenters. The fourth-order valence-electron chi connectivity index (χ4n) is 4.01. The molecule has 25 heavy (non-hydrogen) atoms. The Morgan fingerprint density at radius 2 is 1.96 bits per heavy atom. The van der Waals surface area contributed by atoms with Crippen molar-refractivity contribution in [3.8, 4) is 0 Å². The van der Waals surface area contributed by atoms with Gasteiger partial charge in [-0.25, -0.2) is 0 Å². The molecule has 1 amide bonds. The van der Waals surface area contributed by atoms with Crippen molar-refractivity contribution < 1.29 is 18.4 Å². The van der Waals surface area contributed by atoms with Gasteiger partial charge >= 0.3 is 5.92 Å². The topological polar surface area (TPSA) is 76.3 Å². The lowest BCUT2D eigenvalue weighted by Crippen LogP contribution is -2.45. The number of ketones is 1. The molecular weight excluding hydrogens is 328 g/mol. The van der Waals surface area contributed by atoms with E-state index in [1.54, 1.807) is 19.9 Å². The highest BCUT2D eigenvalue weighted by molar-refractivity contribution is 5.99. The van der Waals surface area contributed by atoms with Crippen molar-refractivity contribution in [1.82, 2.24) is 9.88 Å². The SMILES string of the molecule is CC1(C)C[C@]2(C=C(N)C1=O)CCN(C(=O)C(F)(F)c1ccncc1)C2. The van der Waals surface area contributed by atoms with Crippen molar-refractivity contribution in [2.75, 3.05) is 13.1 Å². The van der Waals surface area contributed by atoms with Crippen LogP contribution in [0.2, 0.25) is 0 Å². The van der Waals surface area contributed by atoms with Crippen molar-refractivity contribution in [3.05, 3.63) is 41.9 Å². The van der Waals surface area contributed by atoms with Crippen LogP contribution in [-0.4, -0.2) is 34.7 Å². The fraction of sp³-hybridized carbons (Fsp3) is 0.500. The number of carbonyl (C=O) groups excluding carboxylic acids is 2. The van der Waals surface area contributed by atoms with E-state index in [1.165, 1.54) is 17.3 Å². The van der Waals surface area contributed by atoms with E-state index < -0.39 is 22.7 Å². The smallest absolute Gasteiger partial charge is 0.350 e. The van der Waals surface area contributed by atoms with Gasteiger partial charge in [-0.1, -0.05) is 13.8 Å². The minimum Gasteiger partial charge on any atom is -0.396 e. The predicted molar refractivity (Wildman–Crippen MR) is 87.4 cm³/mol. The maximum Gasteiger partial charge on any atom is 0.350 e. The lowest BCUT2D eigenvalue weighted by atomic mass is 9.65. The van der Waals surface area contributed by atoms with E-state index in [0.29, 0.717) is 12.8 Å². The number of pyridine rings is 1. The molecule has 2 aliphatic rings. The quantitative estimate of drug-likeness (QED) is 0.888. The maximum absolute atomic E-state index is 14.5. The molecule has 1 aromatic heterocycles. The molecule has 1 saturated heterocycles.